The summed E-state index contributed by atoms with van der Waals surface area (Å²) in [6.07, 6.45) is 11.4. The Kier molecular flexibility index (Phi) is 6.99. The van der Waals surface area contributed by atoms with E-state index in [1.807, 2.05) is 30.3 Å². The monoisotopic (exact) mass is 522 g/mol. The van der Waals surface area contributed by atoms with Gasteiger partial charge in [0.05, 0.1) is 6.10 Å². The second-order valence-electron chi connectivity index (χ2n) is 13.7. The summed E-state index contributed by atoms with van der Waals surface area (Å²) in [7, 11) is 0. The van der Waals surface area contributed by atoms with Crippen molar-refractivity contribution in [1.29, 1.82) is 0 Å². The highest BCUT2D eigenvalue weighted by Gasteiger charge is 2.60. The van der Waals surface area contributed by atoms with Gasteiger partial charge >= 0.3 is 6.09 Å². The first-order chi connectivity index (χ1) is 18.3. The van der Waals surface area contributed by atoms with Crippen molar-refractivity contribution in [2.45, 2.75) is 109 Å². The molecule has 6 heteroatoms. The third-order valence-corrected chi connectivity index (χ3v) is 11.9. The third-order valence-electron chi connectivity index (χ3n) is 11.9. The van der Waals surface area contributed by atoms with E-state index in [1.54, 1.807) is 4.90 Å². The lowest BCUT2D eigenvalue weighted by Crippen LogP contribution is -2.57. The number of hydrogen-bond donors (Lipinski definition) is 2. The Labute approximate surface area is 227 Å². The minimum absolute atomic E-state index is 0.00472. The molecule has 9 unspecified atom stereocenters. The Morgan fingerprint density at radius 1 is 0.974 bits per heavy atom. The molecule has 1 aliphatic heterocycles. The number of benzene rings is 1. The van der Waals surface area contributed by atoms with Gasteiger partial charge in [-0.2, -0.15) is 0 Å². The SMILES string of the molecule is CC12CCC(O)CC1CCC1C2CCC2(C)C(NC(=O)C3CCCN3C(=O)OCc3ccccc3)CCC12. The van der Waals surface area contributed by atoms with Crippen molar-refractivity contribution in [2.24, 2.45) is 34.5 Å². The molecule has 2 amide bonds. The first-order valence-corrected chi connectivity index (χ1v) is 15.3. The topological polar surface area (TPSA) is 78.9 Å². The van der Waals surface area contributed by atoms with Crippen molar-refractivity contribution < 1.29 is 19.4 Å². The summed E-state index contributed by atoms with van der Waals surface area (Å²) >= 11 is 0. The van der Waals surface area contributed by atoms with E-state index in [1.165, 1.54) is 38.5 Å². The molecule has 4 saturated carbocycles. The highest BCUT2D eigenvalue weighted by atomic mass is 16.6. The standard InChI is InChI=1S/C32H46N2O4/c1-31-16-14-23(35)19-22(31)10-11-24-25-12-13-28(32(25,2)17-15-26(24)31)33-29(36)27-9-6-18-34(27)30(37)38-20-21-7-4-3-5-8-21/h3-5,7-8,22-28,35H,6,9-20H2,1-2H3,(H,33,36). The van der Waals surface area contributed by atoms with Gasteiger partial charge in [-0.25, -0.2) is 4.79 Å². The summed E-state index contributed by atoms with van der Waals surface area (Å²) in [5, 5.41) is 13.8. The maximum atomic E-state index is 13.6. The van der Waals surface area contributed by atoms with Crippen LogP contribution in [0, 0.1) is 34.5 Å². The minimum atomic E-state index is -0.430. The minimum Gasteiger partial charge on any atom is -0.445 e. The number of aliphatic hydroxyl groups is 1. The van der Waals surface area contributed by atoms with Crippen LogP contribution in [-0.2, 0) is 16.1 Å². The molecule has 38 heavy (non-hydrogen) atoms. The predicted octanol–water partition coefficient (Wildman–Crippen LogP) is 5.68. The first kappa shape index (κ1) is 26.2. The van der Waals surface area contributed by atoms with Crippen LogP contribution in [0.1, 0.15) is 90.0 Å². The van der Waals surface area contributed by atoms with E-state index in [4.69, 9.17) is 4.74 Å². The Morgan fingerprint density at radius 3 is 2.55 bits per heavy atom. The molecule has 1 aromatic carbocycles. The molecule has 0 bridgehead atoms. The van der Waals surface area contributed by atoms with Crippen LogP contribution in [0.4, 0.5) is 4.79 Å². The predicted molar refractivity (Wildman–Crippen MR) is 146 cm³/mol. The van der Waals surface area contributed by atoms with E-state index in [9.17, 15) is 14.7 Å². The normalized spacial score (nSPS) is 42.1. The fraction of sp³-hybridized carbons (Fsp3) is 0.750. The molecule has 0 aromatic heterocycles. The first-order valence-electron chi connectivity index (χ1n) is 15.3. The molecule has 1 aromatic rings. The van der Waals surface area contributed by atoms with E-state index in [2.05, 4.69) is 19.2 Å². The molecule has 1 saturated heterocycles. The zero-order valence-electron chi connectivity index (χ0n) is 23.2. The van der Waals surface area contributed by atoms with Gasteiger partial charge < -0.3 is 15.2 Å². The number of hydrogen-bond acceptors (Lipinski definition) is 4. The number of aliphatic hydroxyl groups excluding tert-OH is 1. The molecular formula is C32H46N2O4. The van der Waals surface area contributed by atoms with E-state index in [-0.39, 0.29) is 36.2 Å². The molecule has 0 radical (unpaired) electrons. The van der Waals surface area contributed by atoms with Crippen molar-refractivity contribution >= 4 is 12.0 Å². The van der Waals surface area contributed by atoms with Crippen LogP contribution in [0.15, 0.2) is 30.3 Å². The van der Waals surface area contributed by atoms with Gasteiger partial charge in [0, 0.05) is 12.6 Å². The number of nitrogens with one attached hydrogen (secondary N) is 1. The van der Waals surface area contributed by atoms with Crippen molar-refractivity contribution in [1.82, 2.24) is 10.2 Å². The number of carbonyl (C=O) groups excluding carboxylic acids is 2. The number of ether oxygens (including phenoxy) is 1. The molecule has 9 atom stereocenters. The fourth-order valence-corrected chi connectivity index (χ4v) is 9.80. The van der Waals surface area contributed by atoms with E-state index in [0.29, 0.717) is 30.2 Å². The summed E-state index contributed by atoms with van der Waals surface area (Å²) in [6.45, 7) is 5.77. The number of carbonyl (C=O) groups is 2. The van der Waals surface area contributed by atoms with Gasteiger partial charge in [0.15, 0.2) is 0 Å². The summed E-state index contributed by atoms with van der Waals surface area (Å²) in [6, 6.07) is 9.45. The van der Waals surface area contributed by atoms with Crippen molar-refractivity contribution in [3.8, 4) is 0 Å². The zero-order chi connectivity index (χ0) is 26.5. The molecule has 2 N–H and O–H groups in total. The summed E-state index contributed by atoms with van der Waals surface area (Å²) < 4.78 is 5.58. The summed E-state index contributed by atoms with van der Waals surface area (Å²) in [5.41, 5.74) is 1.45. The van der Waals surface area contributed by atoms with Gasteiger partial charge in [0.2, 0.25) is 5.91 Å². The Balaban J connectivity index is 1.09. The number of rotatable bonds is 4. The Bertz CT molecular complexity index is 1030. The van der Waals surface area contributed by atoms with Crippen LogP contribution in [0.5, 0.6) is 0 Å². The van der Waals surface area contributed by atoms with Crippen molar-refractivity contribution in [2.75, 3.05) is 6.54 Å². The lowest BCUT2D eigenvalue weighted by atomic mass is 9.45. The molecule has 0 spiro atoms. The number of nitrogens with zero attached hydrogens (tertiary/aromatic N) is 1. The van der Waals surface area contributed by atoms with Gasteiger partial charge in [0.1, 0.15) is 12.6 Å². The highest BCUT2D eigenvalue weighted by molar-refractivity contribution is 5.86. The van der Waals surface area contributed by atoms with Gasteiger partial charge in [-0.1, -0.05) is 44.2 Å². The quantitative estimate of drug-likeness (QED) is 0.534. The lowest BCUT2D eigenvalue weighted by Gasteiger charge is -2.61. The van der Waals surface area contributed by atoms with Crippen LogP contribution in [0.2, 0.25) is 0 Å². The summed E-state index contributed by atoms with van der Waals surface area (Å²) in [5.74, 6) is 2.83. The lowest BCUT2D eigenvalue weighted by molar-refractivity contribution is -0.132. The van der Waals surface area contributed by atoms with Crippen LogP contribution in [0.3, 0.4) is 0 Å². The smallest absolute Gasteiger partial charge is 0.410 e. The van der Waals surface area contributed by atoms with Crippen molar-refractivity contribution in [3.05, 3.63) is 35.9 Å². The molecular weight excluding hydrogens is 476 g/mol. The summed E-state index contributed by atoms with van der Waals surface area (Å²) in [4.78, 5) is 28.1. The number of likely N-dealkylation sites (tertiary alicyclic amines) is 1. The molecule has 6 nitrogen and oxygen atoms in total. The Hall–Kier alpha value is -2.08. The molecule has 6 rings (SSSR count). The van der Waals surface area contributed by atoms with E-state index in [0.717, 1.165) is 43.1 Å². The van der Waals surface area contributed by atoms with Gasteiger partial charge in [-0.05, 0) is 111 Å². The fourth-order valence-electron chi connectivity index (χ4n) is 9.80. The molecule has 5 fully saturated rings. The van der Waals surface area contributed by atoms with Crippen LogP contribution in [0.25, 0.3) is 0 Å². The second kappa shape index (κ2) is 10.1. The number of amides is 2. The zero-order valence-corrected chi connectivity index (χ0v) is 23.2. The Morgan fingerprint density at radius 2 is 1.74 bits per heavy atom. The maximum absolute atomic E-state index is 13.6. The number of fused-ring (bicyclic) bond motifs is 5. The molecule has 1 heterocycles. The van der Waals surface area contributed by atoms with Crippen LogP contribution >= 0.6 is 0 Å². The second-order valence-corrected chi connectivity index (χ2v) is 13.7. The van der Waals surface area contributed by atoms with E-state index >= 15 is 0 Å². The maximum Gasteiger partial charge on any atom is 0.410 e. The molecule has 5 aliphatic rings. The largest absolute Gasteiger partial charge is 0.445 e. The van der Waals surface area contributed by atoms with Gasteiger partial charge in [-0.3, -0.25) is 9.69 Å². The van der Waals surface area contributed by atoms with E-state index < -0.39 is 6.04 Å². The molecule has 4 aliphatic carbocycles. The average Bonchev–Trinajstić information content (AvgIpc) is 3.53. The molecule has 208 valence electrons. The van der Waals surface area contributed by atoms with Gasteiger partial charge in [0.25, 0.3) is 0 Å². The highest BCUT2D eigenvalue weighted by Crippen LogP contribution is 2.66. The van der Waals surface area contributed by atoms with Crippen LogP contribution in [-0.4, -0.2) is 46.7 Å². The van der Waals surface area contributed by atoms with Crippen molar-refractivity contribution in [3.63, 3.8) is 0 Å². The van der Waals surface area contributed by atoms with Gasteiger partial charge in [-0.15, -0.1) is 0 Å². The van der Waals surface area contributed by atoms with Crippen LogP contribution < -0.4 is 5.32 Å². The third kappa shape index (κ3) is 4.45. The average molecular weight is 523 g/mol.